The Morgan fingerprint density at radius 3 is 2.68 bits per heavy atom. The van der Waals surface area contributed by atoms with E-state index in [1.54, 1.807) is 0 Å². The second-order valence-electron chi connectivity index (χ2n) is 5.17. The minimum Gasteiger partial charge on any atom is -0.345 e. The molecule has 4 heteroatoms. The van der Waals surface area contributed by atoms with Crippen LogP contribution in [0.15, 0.2) is 36.7 Å². The van der Waals surface area contributed by atoms with E-state index in [0.717, 1.165) is 38.5 Å². The molecule has 1 aromatic heterocycles. The maximum absolute atomic E-state index is 4.37. The molecular weight excluding hydrogens is 236 g/mol. The summed E-state index contributed by atoms with van der Waals surface area (Å²) in [5.41, 5.74) is 2.56. The molecule has 1 N–H and O–H groups in total. The number of aromatic nitrogens is 2. The van der Waals surface area contributed by atoms with Crippen molar-refractivity contribution in [3.05, 3.63) is 42.2 Å². The fourth-order valence-electron chi connectivity index (χ4n) is 2.55. The molecule has 1 fully saturated rings. The van der Waals surface area contributed by atoms with Crippen molar-refractivity contribution in [2.45, 2.75) is 6.54 Å². The number of aromatic amines is 1. The van der Waals surface area contributed by atoms with Crippen LogP contribution in [0, 0.1) is 0 Å². The molecule has 3 rings (SSSR count). The third-order valence-electron chi connectivity index (χ3n) is 3.76. The molecule has 19 heavy (non-hydrogen) atoms. The number of benzene rings is 1. The largest absolute Gasteiger partial charge is 0.345 e. The lowest BCUT2D eigenvalue weighted by Crippen LogP contribution is -2.43. The number of hydrogen-bond acceptors (Lipinski definition) is 3. The summed E-state index contributed by atoms with van der Waals surface area (Å²) in [6.45, 7) is 5.60. The quantitative estimate of drug-likeness (QED) is 0.910. The van der Waals surface area contributed by atoms with Crippen molar-refractivity contribution in [3.63, 3.8) is 0 Å². The summed E-state index contributed by atoms with van der Waals surface area (Å²) in [5, 5.41) is 0. The molecule has 0 amide bonds. The number of imidazole rings is 1. The molecule has 1 aromatic carbocycles. The zero-order chi connectivity index (χ0) is 13.1. The van der Waals surface area contributed by atoms with Gasteiger partial charge in [0.2, 0.25) is 0 Å². The first-order valence-corrected chi connectivity index (χ1v) is 6.81. The SMILES string of the molecule is CN1CCN(Cc2ccccc2-c2ncc[nH]2)CC1. The van der Waals surface area contributed by atoms with Crippen molar-refractivity contribution in [3.8, 4) is 11.4 Å². The molecule has 0 radical (unpaired) electrons. The Bertz CT molecular complexity index is 513. The minimum absolute atomic E-state index is 0.963. The number of piperazine rings is 1. The minimum atomic E-state index is 0.963. The highest BCUT2D eigenvalue weighted by Crippen LogP contribution is 2.21. The third-order valence-corrected chi connectivity index (χ3v) is 3.76. The molecule has 1 aliphatic rings. The molecule has 2 aromatic rings. The van der Waals surface area contributed by atoms with Crippen LogP contribution in [-0.2, 0) is 6.54 Å². The van der Waals surface area contributed by atoms with E-state index in [1.165, 1.54) is 11.1 Å². The molecule has 0 saturated carbocycles. The number of rotatable bonds is 3. The number of nitrogens with one attached hydrogen (secondary N) is 1. The molecule has 2 heterocycles. The summed E-state index contributed by atoms with van der Waals surface area (Å²) in [4.78, 5) is 12.5. The second-order valence-corrected chi connectivity index (χ2v) is 5.17. The summed E-state index contributed by atoms with van der Waals surface area (Å²) in [6.07, 6.45) is 3.68. The molecule has 0 atom stereocenters. The van der Waals surface area contributed by atoms with Gasteiger partial charge in [0, 0.05) is 50.7 Å². The van der Waals surface area contributed by atoms with Crippen molar-refractivity contribution < 1.29 is 0 Å². The zero-order valence-electron chi connectivity index (χ0n) is 11.3. The van der Waals surface area contributed by atoms with E-state index in [1.807, 2.05) is 12.4 Å². The normalized spacial score (nSPS) is 17.7. The van der Waals surface area contributed by atoms with E-state index < -0.39 is 0 Å². The molecule has 100 valence electrons. The fraction of sp³-hybridized carbons (Fsp3) is 0.400. The molecule has 0 spiro atoms. The zero-order valence-corrected chi connectivity index (χ0v) is 11.3. The summed E-state index contributed by atoms with van der Waals surface area (Å²) >= 11 is 0. The van der Waals surface area contributed by atoms with Crippen LogP contribution in [0.5, 0.6) is 0 Å². The van der Waals surface area contributed by atoms with Crippen LogP contribution in [0.2, 0.25) is 0 Å². The second kappa shape index (κ2) is 5.55. The van der Waals surface area contributed by atoms with Gasteiger partial charge in [-0.15, -0.1) is 0 Å². The van der Waals surface area contributed by atoms with Crippen LogP contribution in [-0.4, -0.2) is 53.0 Å². The summed E-state index contributed by atoms with van der Waals surface area (Å²) in [6, 6.07) is 8.53. The maximum atomic E-state index is 4.37. The van der Waals surface area contributed by atoms with E-state index in [-0.39, 0.29) is 0 Å². The Morgan fingerprint density at radius 2 is 1.95 bits per heavy atom. The van der Waals surface area contributed by atoms with E-state index in [9.17, 15) is 0 Å². The van der Waals surface area contributed by atoms with Gasteiger partial charge in [-0.3, -0.25) is 4.90 Å². The molecule has 0 aliphatic carbocycles. The first-order chi connectivity index (χ1) is 9.33. The standard InChI is InChI=1S/C15H20N4/c1-18-8-10-19(11-9-18)12-13-4-2-3-5-14(13)15-16-6-7-17-15/h2-7H,8-12H2,1H3,(H,16,17). The average Bonchev–Trinajstić information content (AvgIpc) is 2.96. The number of H-pyrrole nitrogens is 1. The summed E-state index contributed by atoms with van der Waals surface area (Å²) < 4.78 is 0. The van der Waals surface area contributed by atoms with Gasteiger partial charge in [0.1, 0.15) is 5.82 Å². The predicted octanol–water partition coefficient (Wildman–Crippen LogP) is 1.82. The van der Waals surface area contributed by atoms with Gasteiger partial charge in [-0.2, -0.15) is 0 Å². The molecule has 0 bridgehead atoms. The van der Waals surface area contributed by atoms with Gasteiger partial charge in [-0.1, -0.05) is 24.3 Å². The maximum Gasteiger partial charge on any atom is 0.137 e. The van der Waals surface area contributed by atoms with Crippen molar-refractivity contribution in [2.75, 3.05) is 33.2 Å². The molecule has 1 aliphatic heterocycles. The molecular formula is C15H20N4. The summed E-state index contributed by atoms with van der Waals surface area (Å²) in [7, 11) is 2.19. The smallest absolute Gasteiger partial charge is 0.137 e. The fourth-order valence-corrected chi connectivity index (χ4v) is 2.55. The number of likely N-dealkylation sites (N-methyl/N-ethyl adjacent to an activating group) is 1. The predicted molar refractivity (Wildman–Crippen MR) is 76.8 cm³/mol. The Morgan fingerprint density at radius 1 is 1.16 bits per heavy atom. The first kappa shape index (κ1) is 12.4. The molecule has 4 nitrogen and oxygen atoms in total. The van der Waals surface area contributed by atoms with Gasteiger partial charge in [-0.05, 0) is 12.6 Å². The monoisotopic (exact) mass is 256 g/mol. The van der Waals surface area contributed by atoms with Crippen molar-refractivity contribution in [2.24, 2.45) is 0 Å². The van der Waals surface area contributed by atoms with Crippen LogP contribution < -0.4 is 0 Å². The van der Waals surface area contributed by atoms with Gasteiger partial charge in [0.05, 0.1) is 0 Å². The lowest BCUT2D eigenvalue weighted by atomic mass is 10.1. The highest BCUT2D eigenvalue weighted by Gasteiger charge is 2.15. The topological polar surface area (TPSA) is 35.2 Å². The van der Waals surface area contributed by atoms with Gasteiger partial charge in [0.25, 0.3) is 0 Å². The highest BCUT2D eigenvalue weighted by molar-refractivity contribution is 5.59. The molecule has 0 unspecified atom stereocenters. The van der Waals surface area contributed by atoms with E-state index >= 15 is 0 Å². The van der Waals surface area contributed by atoms with Crippen molar-refractivity contribution >= 4 is 0 Å². The first-order valence-electron chi connectivity index (χ1n) is 6.81. The van der Waals surface area contributed by atoms with Crippen LogP contribution in [0.1, 0.15) is 5.56 Å². The average molecular weight is 256 g/mol. The van der Waals surface area contributed by atoms with Crippen molar-refractivity contribution in [1.82, 2.24) is 19.8 Å². The Balaban J connectivity index is 1.78. The lowest BCUT2D eigenvalue weighted by molar-refractivity contribution is 0.148. The Labute approximate surface area is 114 Å². The third kappa shape index (κ3) is 2.85. The van der Waals surface area contributed by atoms with E-state index in [4.69, 9.17) is 0 Å². The van der Waals surface area contributed by atoms with Crippen molar-refractivity contribution in [1.29, 1.82) is 0 Å². The number of hydrogen-bond donors (Lipinski definition) is 1. The lowest BCUT2D eigenvalue weighted by Gasteiger charge is -2.32. The van der Waals surface area contributed by atoms with Gasteiger partial charge < -0.3 is 9.88 Å². The van der Waals surface area contributed by atoms with Crippen LogP contribution >= 0.6 is 0 Å². The Hall–Kier alpha value is -1.65. The van der Waals surface area contributed by atoms with Gasteiger partial charge in [0.15, 0.2) is 0 Å². The molecule has 1 saturated heterocycles. The van der Waals surface area contributed by atoms with E-state index in [2.05, 4.69) is 51.1 Å². The Kier molecular flexibility index (Phi) is 3.62. The number of nitrogens with zero attached hydrogens (tertiary/aromatic N) is 3. The van der Waals surface area contributed by atoms with Gasteiger partial charge >= 0.3 is 0 Å². The van der Waals surface area contributed by atoms with Crippen LogP contribution in [0.3, 0.4) is 0 Å². The summed E-state index contributed by atoms with van der Waals surface area (Å²) in [5.74, 6) is 0.963. The highest BCUT2D eigenvalue weighted by atomic mass is 15.2. The van der Waals surface area contributed by atoms with E-state index in [0.29, 0.717) is 0 Å². The van der Waals surface area contributed by atoms with Crippen LogP contribution in [0.4, 0.5) is 0 Å². The van der Waals surface area contributed by atoms with Crippen LogP contribution in [0.25, 0.3) is 11.4 Å². The van der Waals surface area contributed by atoms with Gasteiger partial charge in [-0.25, -0.2) is 4.98 Å².